The Bertz CT molecular complexity index is 990. The molecule has 0 bridgehead atoms. The number of carbonyl (C=O) groups is 1. The van der Waals surface area contributed by atoms with Gasteiger partial charge in [-0.15, -0.1) is 0 Å². The van der Waals surface area contributed by atoms with Crippen molar-refractivity contribution in [2.45, 2.75) is 42.5 Å². The molecule has 8 heteroatoms. The first-order valence-electron chi connectivity index (χ1n) is 10.2. The molecule has 0 spiro atoms. The molecular weight excluding hydrogens is 416 g/mol. The minimum Gasteiger partial charge on any atom is -0.388 e. The molecule has 2 aromatic rings. The molecule has 168 valence electrons. The van der Waals surface area contributed by atoms with Gasteiger partial charge >= 0.3 is 0 Å². The zero-order valence-corrected chi connectivity index (χ0v) is 18.9. The molecule has 1 saturated heterocycles. The van der Waals surface area contributed by atoms with E-state index < -0.39 is 21.5 Å². The van der Waals surface area contributed by atoms with Crippen molar-refractivity contribution < 1.29 is 23.1 Å². The summed E-state index contributed by atoms with van der Waals surface area (Å²) in [7, 11) is -1.80. The van der Waals surface area contributed by atoms with Gasteiger partial charge in [0, 0.05) is 26.5 Å². The first-order chi connectivity index (χ1) is 14.6. The predicted molar refractivity (Wildman–Crippen MR) is 118 cm³/mol. The number of carbonyl (C=O) groups excluding carboxylic acids is 1. The fourth-order valence-electron chi connectivity index (χ4n) is 4.10. The molecule has 2 aromatic carbocycles. The van der Waals surface area contributed by atoms with E-state index in [0.29, 0.717) is 19.5 Å². The van der Waals surface area contributed by atoms with Crippen LogP contribution in [-0.4, -0.2) is 62.5 Å². The number of hydrogen-bond donors (Lipinski definition) is 2. The van der Waals surface area contributed by atoms with Gasteiger partial charge in [0.05, 0.1) is 22.6 Å². The van der Waals surface area contributed by atoms with Crippen LogP contribution in [0.4, 0.5) is 0 Å². The zero-order valence-electron chi connectivity index (χ0n) is 18.1. The number of methoxy groups -OCH3 is 1. The summed E-state index contributed by atoms with van der Waals surface area (Å²) in [6, 6.07) is 15.8. The number of hydrogen-bond acceptors (Lipinski definition) is 6. The normalized spacial score (nSPS) is 24.6. The number of aliphatic hydroxyl groups is 1. The molecule has 0 saturated carbocycles. The van der Waals surface area contributed by atoms with Crippen molar-refractivity contribution in [1.82, 2.24) is 10.2 Å². The summed E-state index contributed by atoms with van der Waals surface area (Å²) < 4.78 is 28.5. The Kier molecular flexibility index (Phi) is 7.16. The number of ether oxygens (including phenoxy) is 1. The zero-order chi connectivity index (χ0) is 22.6. The first kappa shape index (κ1) is 23.4. The van der Waals surface area contributed by atoms with Crippen molar-refractivity contribution in [3.63, 3.8) is 0 Å². The lowest BCUT2D eigenvalue weighted by molar-refractivity contribution is -0.132. The summed E-state index contributed by atoms with van der Waals surface area (Å²) in [6.45, 7) is 2.84. The Morgan fingerprint density at radius 2 is 1.84 bits per heavy atom. The predicted octanol–water partition coefficient (Wildman–Crippen LogP) is 1.92. The lowest BCUT2D eigenvalue weighted by atomic mass is 9.79. The summed E-state index contributed by atoms with van der Waals surface area (Å²) in [5, 5.41) is 14.1. The molecule has 3 atom stereocenters. The monoisotopic (exact) mass is 446 g/mol. The van der Waals surface area contributed by atoms with Gasteiger partial charge in [0.25, 0.3) is 0 Å². The van der Waals surface area contributed by atoms with Gasteiger partial charge < -0.3 is 15.2 Å². The molecule has 7 nitrogen and oxygen atoms in total. The van der Waals surface area contributed by atoms with E-state index in [0.717, 1.165) is 11.1 Å². The SMILES string of the molecule is COCC(=O)NC1C(c2ccccc2)N(Cc2ccc(S(C)(=O)=O)cc2)CCC1(C)O. The number of benzene rings is 2. The van der Waals surface area contributed by atoms with Crippen molar-refractivity contribution in [3.05, 3.63) is 65.7 Å². The van der Waals surface area contributed by atoms with Crippen LogP contribution in [0.3, 0.4) is 0 Å². The van der Waals surface area contributed by atoms with E-state index in [1.165, 1.54) is 13.4 Å². The van der Waals surface area contributed by atoms with Crippen molar-refractivity contribution in [1.29, 1.82) is 0 Å². The van der Waals surface area contributed by atoms with Crippen molar-refractivity contribution >= 4 is 15.7 Å². The summed E-state index contributed by atoms with van der Waals surface area (Å²) in [4.78, 5) is 14.8. The third kappa shape index (κ3) is 5.71. The molecule has 0 aliphatic carbocycles. The number of piperidine rings is 1. The highest BCUT2D eigenvalue weighted by molar-refractivity contribution is 7.90. The largest absolute Gasteiger partial charge is 0.388 e. The molecule has 1 fully saturated rings. The van der Waals surface area contributed by atoms with E-state index in [9.17, 15) is 18.3 Å². The van der Waals surface area contributed by atoms with Crippen LogP contribution < -0.4 is 5.32 Å². The maximum atomic E-state index is 12.3. The summed E-state index contributed by atoms with van der Waals surface area (Å²) in [5.41, 5.74) is 0.843. The quantitative estimate of drug-likeness (QED) is 0.675. The molecule has 3 unspecified atom stereocenters. The number of nitrogens with one attached hydrogen (secondary N) is 1. The number of likely N-dealkylation sites (tertiary alicyclic amines) is 1. The Labute approximate surface area is 184 Å². The molecule has 1 aliphatic heterocycles. The average molecular weight is 447 g/mol. The van der Waals surface area contributed by atoms with Crippen LogP contribution in [0.25, 0.3) is 0 Å². The fraction of sp³-hybridized carbons (Fsp3) is 0.435. The van der Waals surface area contributed by atoms with Gasteiger partial charge in [0.15, 0.2) is 9.84 Å². The molecule has 31 heavy (non-hydrogen) atoms. The topological polar surface area (TPSA) is 95.9 Å². The van der Waals surface area contributed by atoms with Gasteiger partial charge in [-0.2, -0.15) is 0 Å². The summed E-state index contributed by atoms with van der Waals surface area (Å²) in [6.07, 6.45) is 1.67. The van der Waals surface area contributed by atoms with E-state index in [1.54, 1.807) is 19.1 Å². The Morgan fingerprint density at radius 1 is 1.19 bits per heavy atom. The standard InChI is InChI=1S/C23H30N2O5S/c1-23(27)13-14-25(15-17-9-11-19(12-10-17)31(3,28)29)21(18-7-5-4-6-8-18)22(23)24-20(26)16-30-2/h4-12,21-22,27H,13-16H2,1-3H3,(H,24,26). The van der Waals surface area contributed by atoms with Gasteiger partial charge in [-0.25, -0.2) is 8.42 Å². The van der Waals surface area contributed by atoms with E-state index in [1.807, 2.05) is 42.5 Å². The van der Waals surface area contributed by atoms with Crippen LogP contribution in [0.5, 0.6) is 0 Å². The highest BCUT2D eigenvalue weighted by Crippen LogP contribution is 2.38. The van der Waals surface area contributed by atoms with Gasteiger partial charge in [0.1, 0.15) is 6.61 Å². The fourth-order valence-corrected chi connectivity index (χ4v) is 4.73. The van der Waals surface area contributed by atoms with Crippen LogP contribution in [0, 0.1) is 0 Å². The van der Waals surface area contributed by atoms with E-state index in [2.05, 4.69) is 10.2 Å². The first-order valence-corrected chi connectivity index (χ1v) is 12.1. The van der Waals surface area contributed by atoms with Crippen LogP contribution in [0.15, 0.2) is 59.5 Å². The maximum Gasteiger partial charge on any atom is 0.246 e. The molecule has 2 N–H and O–H groups in total. The molecule has 0 radical (unpaired) electrons. The molecule has 1 aliphatic rings. The Balaban J connectivity index is 1.93. The van der Waals surface area contributed by atoms with Gasteiger partial charge in [0.2, 0.25) is 5.91 Å². The minimum absolute atomic E-state index is 0.0823. The second-order valence-corrected chi connectivity index (χ2v) is 10.3. The summed E-state index contributed by atoms with van der Waals surface area (Å²) in [5.74, 6) is -0.284. The molecular formula is C23H30N2O5S. The smallest absolute Gasteiger partial charge is 0.246 e. The van der Waals surface area contributed by atoms with Crippen LogP contribution in [0.2, 0.25) is 0 Å². The van der Waals surface area contributed by atoms with Crippen molar-refractivity contribution in [2.24, 2.45) is 0 Å². The lowest BCUT2D eigenvalue weighted by Crippen LogP contribution is -2.62. The van der Waals surface area contributed by atoms with E-state index >= 15 is 0 Å². The second kappa shape index (κ2) is 9.48. The van der Waals surface area contributed by atoms with Crippen LogP contribution in [-0.2, 0) is 25.9 Å². The van der Waals surface area contributed by atoms with Gasteiger partial charge in [-0.3, -0.25) is 9.69 Å². The highest BCUT2D eigenvalue weighted by atomic mass is 32.2. The molecule has 1 heterocycles. The minimum atomic E-state index is -3.26. The van der Waals surface area contributed by atoms with Crippen LogP contribution in [0.1, 0.15) is 30.5 Å². The lowest BCUT2D eigenvalue weighted by Gasteiger charge is -2.49. The van der Waals surface area contributed by atoms with Gasteiger partial charge in [-0.05, 0) is 36.6 Å². The second-order valence-electron chi connectivity index (χ2n) is 8.33. The number of rotatable bonds is 7. The van der Waals surface area contributed by atoms with E-state index in [-0.39, 0.29) is 23.5 Å². The summed E-state index contributed by atoms with van der Waals surface area (Å²) >= 11 is 0. The molecule has 0 aromatic heterocycles. The highest BCUT2D eigenvalue weighted by Gasteiger charge is 2.46. The molecule has 1 amide bonds. The Morgan fingerprint density at radius 3 is 2.42 bits per heavy atom. The van der Waals surface area contributed by atoms with Gasteiger partial charge in [-0.1, -0.05) is 42.5 Å². The maximum absolute atomic E-state index is 12.3. The van der Waals surface area contributed by atoms with Crippen molar-refractivity contribution in [2.75, 3.05) is 26.5 Å². The molecule has 3 rings (SSSR count). The Hall–Kier alpha value is -2.26. The van der Waals surface area contributed by atoms with Crippen molar-refractivity contribution in [3.8, 4) is 0 Å². The number of nitrogens with zero attached hydrogens (tertiary/aromatic N) is 1. The average Bonchev–Trinajstić information content (AvgIpc) is 2.71. The number of sulfone groups is 1. The third-order valence-electron chi connectivity index (χ3n) is 5.75. The van der Waals surface area contributed by atoms with Crippen LogP contribution >= 0.6 is 0 Å². The van der Waals surface area contributed by atoms with E-state index in [4.69, 9.17) is 4.74 Å². The third-order valence-corrected chi connectivity index (χ3v) is 6.88. The number of amides is 1.